The molecule has 0 spiro atoms. The van der Waals surface area contributed by atoms with Crippen molar-refractivity contribution in [1.29, 1.82) is 0 Å². The number of hydrogen-bond donors (Lipinski definition) is 1. The molecule has 1 fully saturated rings. The summed E-state index contributed by atoms with van der Waals surface area (Å²) in [6, 6.07) is 6.05. The molecule has 1 saturated heterocycles. The van der Waals surface area contributed by atoms with Crippen LogP contribution in [0.1, 0.15) is 11.4 Å². The fourth-order valence-electron chi connectivity index (χ4n) is 3.33. The Hall–Kier alpha value is -2.81. The average Bonchev–Trinajstić information content (AvgIpc) is 3.31. The number of urea groups is 1. The van der Waals surface area contributed by atoms with Gasteiger partial charge >= 0.3 is 6.03 Å². The third-order valence-corrected chi connectivity index (χ3v) is 4.93. The van der Waals surface area contributed by atoms with Crippen LogP contribution in [0.4, 0.5) is 4.79 Å². The summed E-state index contributed by atoms with van der Waals surface area (Å²) in [4.78, 5) is 16.5. The zero-order valence-corrected chi connectivity index (χ0v) is 15.4. The highest BCUT2D eigenvalue weighted by atomic mass is 16.7. The van der Waals surface area contributed by atoms with Gasteiger partial charge in [0.05, 0.1) is 0 Å². The van der Waals surface area contributed by atoms with Gasteiger partial charge in [0.25, 0.3) is 0 Å². The normalized spacial score (nSPS) is 16.6. The van der Waals surface area contributed by atoms with Crippen molar-refractivity contribution < 1.29 is 14.3 Å². The topological polar surface area (TPSA) is 84.8 Å². The molecule has 2 aliphatic heterocycles. The molecule has 0 saturated carbocycles. The molecular weight excluding hydrogens is 348 g/mol. The molecule has 3 heterocycles. The van der Waals surface area contributed by atoms with Crippen molar-refractivity contribution in [2.24, 2.45) is 7.05 Å². The van der Waals surface area contributed by atoms with Gasteiger partial charge in [-0.15, -0.1) is 10.2 Å². The lowest BCUT2D eigenvalue weighted by atomic mass is 10.1. The Morgan fingerprint density at radius 1 is 1.19 bits per heavy atom. The summed E-state index contributed by atoms with van der Waals surface area (Å²) < 4.78 is 12.6. The Morgan fingerprint density at radius 3 is 2.78 bits per heavy atom. The number of nitrogens with zero attached hydrogens (tertiary/aromatic N) is 5. The Kier molecular flexibility index (Phi) is 5.10. The summed E-state index contributed by atoms with van der Waals surface area (Å²) in [6.07, 6.45) is 2.34. The molecule has 4 rings (SSSR count). The molecule has 1 aromatic heterocycles. The van der Waals surface area contributed by atoms with Gasteiger partial charge in [0.2, 0.25) is 6.79 Å². The monoisotopic (exact) mass is 372 g/mol. The van der Waals surface area contributed by atoms with Crippen molar-refractivity contribution in [3.63, 3.8) is 0 Å². The number of carbonyl (C=O) groups excluding carboxylic acids is 1. The van der Waals surface area contributed by atoms with Crippen molar-refractivity contribution in [3.8, 4) is 11.5 Å². The molecule has 2 amide bonds. The first-order valence-electron chi connectivity index (χ1n) is 9.15. The summed E-state index contributed by atoms with van der Waals surface area (Å²) in [5.74, 6) is 2.49. The van der Waals surface area contributed by atoms with Crippen LogP contribution in [0.2, 0.25) is 0 Å². The van der Waals surface area contributed by atoms with Crippen LogP contribution in [0, 0.1) is 0 Å². The zero-order chi connectivity index (χ0) is 18.6. The third kappa shape index (κ3) is 4.13. The molecule has 9 heteroatoms. The van der Waals surface area contributed by atoms with E-state index in [-0.39, 0.29) is 6.03 Å². The molecule has 1 N–H and O–H groups in total. The van der Waals surface area contributed by atoms with E-state index in [0.717, 1.165) is 50.0 Å². The number of aromatic nitrogens is 3. The summed E-state index contributed by atoms with van der Waals surface area (Å²) in [6.45, 7) is 4.85. The molecule has 2 aromatic rings. The highest BCUT2D eigenvalue weighted by molar-refractivity contribution is 5.74. The molecule has 0 atom stereocenters. The van der Waals surface area contributed by atoms with E-state index >= 15 is 0 Å². The maximum atomic E-state index is 12.3. The number of amides is 2. The Balaban J connectivity index is 1.20. The standard InChI is InChI=1S/C18H24N6O3/c1-22-12-20-21-17(22)4-5-19-18(25)24-8-6-23(7-9-24)11-14-2-3-15-16(10-14)27-13-26-15/h2-3,10,12H,4-9,11,13H2,1H3,(H,19,25). The lowest BCUT2D eigenvalue weighted by molar-refractivity contribution is 0.135. The Morgan fingerprint density at radius 2 is 2.00 bits per heavy atom. The van der Waals surface area contributed by atoms with Gasteiger partial charge in [-0.25, -0.2) is 4.79 Å². The van der Waals surface area contributed by atoms with Crippen LogP contribution >= 0.6 is 0 Å². The van der Waals surface area contributed by atoms with Crippen LogP contribution in [0.15, 0.2) is 24.5 Å². The minimum Gasteiger partial charge on any atom is -0.454 e. The first kappa shape index (κ1) is 17.6. The van der Waals surface area contributed by atoms with Crippen LogP contribution < -0.4 is 14.8 Å². The molecule has 9 nitrogen and oxygen atoms in total. The number of benzene rings is 1. The number of carbonyl (C=O) groups is 1. The molecule has 0 radical (unpaired) electrons. The first-order valence-corrected chi connectivity index (χ1v) is 9.15. The van der Waals surface area contributed by atoms with E-state index in [9.17, 15) is 4.79 Å². The van der Waals surface area contributed by atoms with E-state index in [4.69, 9.17) is 9.47 Å². The average molecular weight is 372 g/mol. The SMILES string of the molecule is Cn1cnnc1CCNC(=O)N1CCN(Cc2ccc3c(c2)OCO3)CC1. The first-order chi connectivity index (χ1) is 13.2. The third-order valence-electron chi connectivity index (χ3n) is 4.93. The van der Waals surface area contributed by atoms with E-state index in [1.54, 1.807) is 6.33 Å². The van der Waals surface area contributed by atoms with Crippen molar-refractivity contribution >= 4 is 6.03 Å². The number of fused-ring (bicyclic) bond motifs is 1. The van der Waals surface area contributed by atoms with Crippen LogP contribution in [0.25, 0.3) is 0 Å². The van der Waals surface area contributed by atoms with Crippen molar-refractivity contribution in [3.05, 3.63) is 35.9 Å². The fraction of sp³-hybridized carbons (Fsp3) is 0.500. The van der Waals surface area contributed by atoms with Crippen molar-refractivity contribution in [2.75, 3.05) is 39.5 Å². The smallest absolute Gasteiger partial charge is 0.317 e. The molecule has 27 heavy (non-hydrogen) atoms. The van der Waals surface area contributed by atoms with Gasteiger partial charge in [-0.05, 0) is 17.7 Å². The molecule has 0 unspecified atom stereocenters. The van der Waals surface area contributed by atoms with Gasteiger partial charge < -0.3 is 24.3 Å². The van der Waals surface area contributed by atoms with E-state index in [1.165, 1.54) is 5.56 Å². The predicted octanol–water partition coefficient (Wildman–Crippen LogP) is 0.614. The second-order valence-corrected chi connectivity index (χ2v) is 6.79. The predicted molar refractivity (Wildman–Crippen MR) is 97.5 cm³/mol. The second-order valence-electron chi connectivity index (χ2n) is 6.79. The molecule has 0 aliphatic carbocycles. The molecule has 2 aliphatic rings. The maximum absolute atomic E-state index is 12.3. The summed E-state index contributed by atoms with van der Waals surface area (Å²) >= 11 is 0. The lowest BCUT2D eigenvalue weighted by Crippen LogP contribution is -2.51. The molecule has 144 valence electrons. The van der Waals surface area contributed by atoms with Gasteiger partial charge in [0, 0.05) is 52.7 Å². The quantitative estimate of drug-likeness (QED) is 0.828. The van der Waals surface area contributed by atoms with Crippen LogP contribution in [-0.4, -0.2) is 70.1 Å². The van der Waals surface area contributed by atoms with Crippen LogP contribution in [0.5, 0.6) is 11.5 Å². The van der Waals surface area contributed by atoms with Gasteiger partial charge in [-0.2, -0.15) is 0 Å². The number of nitrogens with one attached hydrogen (secondary N) is 1. The minimum absolute atomic E-state index is 0.0140. The highest BCUT2D eigenvalue weighted by Gasteiger charge is 2.22. The second kappa shape index (κ2) is 7.83. The van der Waals surface area contributed by atoms with E-state index in [0.29, 0.717) is 19.8 Å². The Bertz CT molecular complexity index is 800. The Labute approximate surface area is 157 Å². The van der Waals surface area contributed by atoms with Crippen molar-refractivity contribution in [1.82, 2.24) is 29.9 Å². The van der Waals surface area contributed by atoms with Crippen LogP contribution in [-0.2, 0) is 20.0 Å². The molecule has 0 bridgehead atoms. The van der Waals surface area contributed by atoms with Crippen molar-refractivity contribution in [2.45, 2.75) is 13.0 Å². The van der Waals surface area contributed by atoms with Gasteiger partial charge in [0.1, 0.15) is 12.2 Å². The molecule has 1 aromatic carbocycles. The van der Waals surface area contributed by atoms with E-state index in [1.807, 2.05) is 28.6 Å². The largest absolute Gasteiger partial charge is 0.454 e. The summed E-state index contributed by atoms with van der Waals surface area (Å²) in [5, 5.41) is 10.8. The number of rotatable bonds is 5. The summed E-state index contributed by atoms with van der Waals surface area (Å²) in [5.41, 5.74) is 1.20. The maximum Gasteiger partial charge on any atom is 0.317 e. The van der Waals surface area contributed by atoms with Crippen LogP contribution in [0.3, 0.4) is 0 Å². The lowest BCUT2D eigenvalue weighted by Gasteiger charge is -2.34. The number of ether oxygens (including phenoxy) is 2. The highest BCUT2D eigenvalue weighted by Crippen LogP contribution is 2.32. The number of piperazine rings is 1. The minimum atomic E-state index is -0.0140. The summed E-state index contributed by atoms with van der Waals surface area (Å²) in [7, 11) is 1.90. The number of hydrogen-bond acceptors (Lipinski definition) is 6. The van der Waals surface area contributed by atoms with Gasteiger partial charge in [0.15, 0.2) is 11.5 Å². The van der Waals surface area contributed by atoms with Gasteiger partial charge in [-0.3, -0.25) is 4.90 Å². The van der Waals surface area contributed by atoms with E-state index in [2.05, 4.69) is 26.5 Å². The fourth-order valence-corrected chi connectivity index (χ4v) is 3.33. The molecular formula is C18H24N6O3. The zero-order valence-electron chi connectivity index (χ0n) is 15.4. The van der Waals surface area contributed by atoms with E-state index < -0.39 is 0 Å². The van der Waals surface area contributed by atoms with Gasteiger partial charge in [-0.1, -0.05) is 6.07 Å². The number of aryl methyl sites for hydroxylation is 1.